The number of carboxylic acids is 1. The molecule has 8 rings (SSSR count). The molecule has 2 aromatic rings. The fourth-order valence-corrected chi connectivity index (χ4v) is 12.9. The zero-order valence-corrected chi connectivity index (χ0v) is 32.2. The quantitative estimate of drug-likeness (QED) is 0.274. The lowest BCUT2D eigenvalue weighted by Gasteiger charge is -2.65. The van der Waals surface area contributed by atoms with Crippen molar-refractivity contribution >= 4 is 22.4 Å². The van der Waals surface area contributed by atoms with Crippen LogP contribution in [0.3, 0.4) is 0 Å². The fraction of sp³-hybridized carbons (Fsp3) is 0.698. The minimum Gasteiger partial charge on any atom is -0.550 e. The lowest BCUT2D eigenvalue weighted by atomic mass is 9.40. The number of nitrogens with one attached hydrogen (secondary N) is 1. The van der Waals surface area contributed by atoms with Crippen LogP contribution in [0.5, 0.6) is 0 Å². The van der Waals surface area contributed by atoms with Gasteiger partial charge in [-0.25, -0.2) is 0 Å². The minimum absolute atomic E-state index is 0.0902. The molecule has 51 heavy (non-hydrogen) atoms. The number of aromatic amines is 1. The van der Waals surface area contributed by atoms with Crippen LogP contribution in [0, 0.1) is 34.5 Å². The van der Waals surface area contributed by atoms with E-state index in [0.717, 1.165) is 48.7 Å². The maximum Gasteiger partial charge on any atom is 0.171 e. The fourth-order valence-electron chi connectivity index (χ4n) is 12.9. The number of carbonyl (C=O) groups excluding carboxylic acids is 1. The van der Waals surface area contributed by atoms with Crippen LogP contribution in [0.15, 0.2) is 23.8 Å². The molecule has 2 saturated carbocycles. The first-order valence-corrected chi connectivity index (χ1v) is 19.3. The van der Waals surface area contributed by atoms with Gasteiger partial charge >= 0.3 is 0 Å². The molecule has 8 nitrogen and oxygen atoms in total. The second-order valence-electron chi connectivity index (χ2n) is 19.3. The molecular weight excluding hydrogens is 642 g/mol. The number of aliphatic carboxylic acids is 1. The Labute approximate surface area is 302 Å². The lowest BCUT2D eigenvalue weighted by molar-refractivity contribution is -0.319. The SMILES string of the molecule is CC(C)=CCc1c2c(cc3c4c([nH]c13)[C@@]1(C)[C@@H](CC[C@@H]3[C@]1(C)CC[C@]1(O)O[C@H](C(O)C(C)C(=O)[O-])C[C@@]31C)C4)C1=CC(C)(C)OC(C)(C)[C@H]1[C@@H]2O. The van der Waals surface area contributed by atoms with E-state index in [9.17, 15) is 25.2 Å². The average molecular weight is 701 g/mol. The standard InChI is InChI=1S/C43H59NO7/c1-21(2)11-13-24-31-25(28-19-38(4,5)51-39(6,7)32(28)35(31)46)18-26-27-17-23-12-14-30-40(8,42(23,10)36(27)44-33(24)26)15-16-43(49)41(30,9)20-29(50-43)34(45)22(3)37(47)48/h11,18-19,22-23,29-30,32,34-35,44-46,49H,12-17,20H2,1-10H3,(H,47,48)/p-1/t22?,23-,29-,30+,32+,34?,35+,40-,41-,42+,43-/m0/s1. The number of rotatable bonds is 5. The predicted molar refractivity (Wildman–Crippen MR) is 194 cm³/mol. The van der Waals surface area contributed by atoms with Crippen LogP contribution in [0.25, 0.3) is 16.5 Å². The van der Waals surface area contributed by atoms with Crippen molar-refractivity contribution in [3.05, 3.63) is 51.7 Å². The van der Waals surface area contributed by atoms with Crippen LogP contribution in [0.4, 0.5) is 0 Å². The van der Waals surface area contributed by atoms with Crippen LogP contribution >= 0.6 is 0 Å². The van der Waals surface area contributed by atoms with Gasteiger partial charge in [0.15, 0.2) is 5.79 Å². The van der Waals surface area contributed by atoms with Gasteiger partial charge in [0.1, 0.15) is 0 Å². The van der Waals surface area contributed by atoms with Crippen LogP contribution < -0.4 is 5.11 Å². The summed E-state index contributed by atoms with van der Waals surface area (Å²) in [4.78, 5) is 15.8. The molecule has 1 saturated heterocycles. The molecule has 0 amide bonds. The zero-order valence-electron chi connectivity index (χ0n) is 32.2. The molecule has 0 radical (unpaired) electrons. The largest absolute Gasteiger partial charge is 0.550 e. The number of hydrogen-bond donors (Lipinski definition) is 4. The average Bonchev–Trinajstić information content (AvgIpc) is 3.70. The van der Waals surface area contributed by atoms with Gasteiger partial charge in [-0.2, -0.15) is 0 Å². The van der Waals surface area contributed by atoms with Crippen molar-refractivity contribution in [1.82, 2.24) is 4.98 Å². The maximum absolute atomic E-state index is 12.2. The minimum atomic E-state index is -1.44. The van der Waals surface area contributed by atoms with Gasteiger partial charge in [-0.1, -0.05) is 39.3 Å². The summed E-state index contributed by atoms with van der Waals surface area (Å²) in [6.45, 7) is 21.1. The van der Waals surface area contributed by atoms with Crippen molar-refractivity contribution in [1.29, 1.82) is 0 Å². The molecule has 0 spiro atoms. The third-order valence-corrected chi connectivity index (χ3v) is 15.5. The molecule has 6 aliphatic rings. The van der Waals surface area contributed by atoms with E-state index < -0.39 is 52.6 Å². The van der Waals surface area contributed by atoms with Crippen molar-refractivity contribution < 1.29 is 34.7 Å². The Hall–Kier alpha value is -2.49. The van der Waals surface area contributed by atoms with Crippen LogP contribution in [-0.2, 0) is 32.5 Å². The molecule has 8 heteroatoms. The number of benzene rings is 1. The highest BCUT2D eigenvalue weighted by Crippen LogP contribution is 2.74. The Morgan fingerprint density at radius 2 is 1.80 bits per heavy atom. The van der Waals surface area contributed by atoms with E-state index in [1.54, 1.807) is 0 Å². The second-order valence-corrected chi connectivity index (χ2v) is 19.3. The Bertz CT molecular complexity index is 1900. The van der Waals surface area contributed by atoms with Crippen molar-refractivity contribution in [3.8, 4) is 0 Å². The number of hydrogen-bond acceptors (Lipinski definition) is 7. The van der Waals surface area contributed by atoms with Gasteiger partial charge in [-0.05, 0) is 137 Å². The van der Waals surface area contributed by atoms with Gasteiger partial charge < -0.3 is 39.7 Å². The number of allylic oxidation sites excluding steroid dienone is 2. The van der Waals surface area contributed by atoms with E-state index >= 15 is 0 Å². The Morgan fingerprint density at radius 1 is 1.10 bits per heavy atom. The molecular formula is C43H58NO7-. The van der Waals surface area contributed by atoms with Crippen molar-refractivity contribution in [2.75, 3.05) is 0 Å². The molecule has 4 aliphatic carbocycles. The van der Waals surface area contributed by atoms with E-state index in [1.807, 2.05) is 0 Å². The highest BCUT2D eigenvalue weighted by Gasteiger charge is 2.73. The van der Waals surface area contributed by atoms with Gasteiger partial charge in [0.2, 0.25) is 0 Å². The Balaban J connectivity index is 1.27. The summed E-state index contributed by atoms with van der Waals surface area (Å²) in [5, 5.41) is 48.4. The molecule has 3 heterocycles. The van der Waals surface area contributed by atoms with E-state index in [4.69, 9.17) is 9.47 Å². The number of ether oxygens (including phenoxy) is 2. The van der Waals surface area contributed by atoms with Crippen LogP contribution in [-0.4, -0.2) is 55.5 Å². The van der Waals surface area contributed by atoms with Crippen LogP contribution in [0.2, 0.25) is 0 Å². The normalized spacial score (nSPS) is 41.0. The first kappa shape index (κ1) is 35.5. The number of carboxylic acid groups (broad SMARTS) is 1. The summed E-state index contributed by atoms with van der Waals surface area (Å²) in [7, 11) is 0. The number of H-pyrrole nitrogens is 1. The highest BCUT2D eigenvalue weighted by molar-refractivity contribution is 5.96. The monoisotopic (exact) mass is 700 g/mol. The summed E-state index contributed by atoms with van der Waals surface area (Å²) in [6, 6.07) is 2.37. The van der Waals surface area contributed by atoms with Crippen molar-refractivity contribution in [2.24, 2.45) is 34.5 Å². The molecule has 2 aliphatic heterocycles. The molecule has 3 fully saturated rings. The van der Waals surface area contributed by atoms with Crippen molar-refractivity contribution in [2.45, 2.75) is 155 Å². The zero-order chi connectivity index (χ0) is 37.0. The molecule has 1 aromatic heterocycles. The maximum atomic E-state index is 12.2. The topological polar surface area (TPSA) is 135 Å². The van der Waals surface area contributed by atoms with Crippen molar-refractivity contribution in [3.63, 3.8) is 0 Å². The number of aromatic nitrogens is 1. The van der Waals surface area contributed by atoms with E-state index in [1.165, 1.54) is 40.3 Å². The lowest BCUT2D eigenvalue weighted by Crippen LogP contribution is -2.65. The molecule has 4 N–H and O–H groups in total. The Morgan fingerprint density at radius 3 is 2.47 bits per heavy atom. The molecule has 0 bridgehead atoms. The van der Waals surface area contributed by atoms with E-state index in [0.29, 0.717) is 18.8 Å². The van der Waals surface area contributed by atoms with E-state index in [2.05, 4.69) is 85.5 Å². The molecule has 278 valence electrons. The highest BCUT2D eigenvalue weighted by atomic mass is 16.6. The van der Waals surface area contributed by atoms with Crippen LogP contribution in [0.1, 0.15) is 135 Å². The smallest absolute Gasteiger partial charge is 0.171 e. The number of fused-ring (bicyclic) bond motifs is 12. The summed E-state index contributed by atoms with van der Waals surface area (Å²) in [5.74, 6) is -3.49. The number of carbonyl (C=O) groups is 1. The van der Waals surface area contributed by atoms with Gasteiger partial charge in [-0.15, -0.1) is 0 Å². The molecule has 11 atom stereocenters. The van der Waals surface area contributed by atoms with Gasteiger partial charge in [-0.3, -0.25) is 0 Å². The number of aliphatic hydroxyl groups excluding tert-OH is 2. The second kappa shape index (κ2) is 10.8. The summed E-state index contributed by atoms with van der Waals surface area (Å²) in [5.41, 5.74) is 7.49. The first-order valence-electron chi connectivity index (χ1n) is 19.3. The number of aliphatic hydroxyl groups is 3. The summed E-state index contributed by atoms with van der Waals surface area (Å²) < 4.78 is 12.9. The predicted octanol–water partition coefficient (Wildman–Crippen LogP) is 6.18. The Kier molecular flexibility index (Phi) is 7.53. The third-order valence-electron chi connectivity index (χ3n) is 15.5. The van der Waals surface area contributed by atoms with Gasteiger partial charge in [0, 0.05) is 51.7 Å². The first-order chi connectivity index (χ1) is 23.6. The summed E-state index contributed by atoms with van der Waals surface area (Å²) >= 11 is 0. The molecule has 1 aromatic carbocycles. The summed E-state index contributed by atoms with van der Waals surface area (Å²) in [6.07, 6.45) is 7.00. The molecule has 2 unspecified atom stereocenters. The van der Waals surface area contributed by atoms with Gasteiger partial charge in [0.05, 0.1) is 29.5 Å². The van der Waals surface area contributed by atoms with E-state index in [-0.39, 0.29) is 22.7 Å². The van der Waals surface area contributed by atoms with Gasteiger partial charge in [0.25, 0.3) is 0 Å². The third kappa shape index (κ3) is 4.52.